The van der Waals surface area contributed by atoms with Crippen molar-refractivity contribution >= 4 is 44.5 Å². The van der Waals surface area contributed by atoms with Crippen LogP contribution in [0.15, 0.2) is 51.2 Å². The number of allylic oxidation sites excluding steroid dienone is 3. The number of rotatable bonds is 6. The Morgan fingerprint density at radius 2 is 1.91 bits per heavy atom. The molecule has 4 rings (SSSR count). The van der Waals surface area contributed by atoms with Crippen molar-refractivity contribution in [1.29, 1.82) is 0 Å². The summed E-state index contributed by atoms with van der Waals surface area (Å²) in [5.41, 5.74) is 3.10. The van der Waals surface area contributed by atoms with E-state index in [0.29, 0.717) is 17.8 Å². The van der Waals surface area contributed by atoms with Gasteiger partial charge in [0.15, 0.2) is 5.82 Å². The predicted octanol–water partition coefficient (Wildman–Crippen LogP) is 4.25. The number of hydrogen-bond acceptors (Lipinski definition) is 7. The lowest BCUT2D eigenvalue weighted by Crippen LogP contribution is -2.44. The van der Waals surface area contributed by atoms with Gasteiger partial charge in [0, 0.05) is 49.7 Å². The number of piperazine rings is 1. The van der Waals surface area contributed by atoms with Crippen molar-refractivity contribution in [2.24, 2.45) is 0 Å². The van der Waals surface area contributed by atoms with Crippen molar-refractivity contribution < 1.29 is 17.2 Å². The summed E-state index contributed by atoms with van der Waals surface area (Å²) < 4.78 is 56.2. The summed E-state index contributed by atoms with van der Waals surface area (Å²) in [6.07, 6.45) is 2.12. The molecule has 2 N–H and O–H groups in total. The summed E-state index contributed by atoms with van der Waals surface area (Å²) in [4.78, 5) is 7.55. The fourth-order valence-electron chi connectivity index (χ4n) is 3.58. The van der Waals surface area contributed by atoms with Crippen LogP contribution < -0.4 is 10.0 Å². The number of thiazole rings is 1. The van der Waals surface area contributed by atoms with Crippen molar-refractivity contribution in [2.75, 3.05) is 43.3 Å². The number of anilines is 2. The normalized spacial score (nSPS) is 18.0. The predicted molar refractivity (Wildman–Crippen MR) is 122 cm³/mol. The highest BCUT2D eigenvalue weighted by atomic mass is 35.5. The second-order valence-corrected chi connectivity index (χ2v) is 10.4. The number of hydrogen-bond donors (Lipinski definition) is 2. The minimum Gasteiger partial charge on any atom is -0.367 e. The van der Waals surface area contributed by atoms with Gasteiger partial charge in [-0.05, 0) is 25.6 Å². The van der Waals surface area contributed by atoms with Crippen LogP contribution in [0, 0.1) is 5.82 Å². The molecule has 0 saturated carbocycles. The lowest BCUT2D eigenvalue weighted by atomic mass is 10.0. The lowest BCUT2D eigenvalue weighted by molar-refractivity contribution is 0.188. The fourth-order valence-corrected chi connectivity index (χ4v) is 5.50. The molecule has 7 nitrogen and oxygen atoms in total. The Morgan fingerprint density at radius 3 is 2.59 bits per heavy atom. The van der Waals surface area contributed by atoms with Gasteiger partial charge in [-0.15, -0.1) is 11.3 Å². The molecule has 0 atom stereocenters. The molecular formula is C20H22ClF2N5O2S2. The topological polar surface area (TPSA) is 77.6 Å². The Kier molecular flexibility index (Phi) is 6.70. The maximum atomic E-state index is 14.8. The second-order valence-electron chi connectivity index (χ2n) is 7.61. The van der Waals surface area contributed by atoms with E-state index in [1.165, 1.54) is 28.3 Å². The van der Waals surface area contributed by atoms with E-state index in [4.69, 9.17) is 11.6 Å². The van der Waals surface area contributed by atoms with Gasteiger partial charge in [0.2, 0.25) is 0 Å². The smallest absolute Gasteiger partial charge is 0.266 e. The van der Waals surface area contributed by atoms with Gasteiger partial charge < -0.3 is 15.1 Å². The van der Waals surface area contributed by atoms with E-state index in [9.17, 15) is 17.2 Å². The van der Waals surface area contributed by atoms with Gasteiger partial charge in [-0.2, -0.15) is 0 Å². The molecule has 0 spiro atoms. The molecule has 1 aromatic carbocycles. The number of sulfonamides is 1. The van der Waals surface area contributed by atoms with Gasteiger partial charge in [-0.1, -0.05) is 11.6 Å². The first-order chi connectivity index (χ1) is 15.2. The lowest BCUT2D eigenvalue weighted by Gasteiger charge is -2.37. The van der Waals surface area contributed by atoms with Gasteiger partial charge in [-0.25, -0.2) is 22.2 Å². The van der Waals surface area contributed by atoms with E-state index >= 15 is 0 Å². The molecule has 2 aliphatic rings. The summed E-state index contributed by atoms with van der Waals surface area (Å²) in [5, 5.41) is 4.64. The minimum absolute atomic E-state index is 0.0327. The molecule has 172 valence electrons. The van der Waals surface area contributed by atoms with E-state index < -0.39 is 20.7 Å². The average Bonchev–Trinajstić information content (AvgIpc) is 3.24. The van der Waals surface area contributed by atoms with E-state index in [1.807, 2.05) is 7.05 Å². The summed E-state index contributed by atoms with van der Waals surface area (Å²) in [5.74, 6) is -1.07. The molecule has 0 radical (unpaired) electrons. The first kappa shape index (κ1) is 23.0. The molecule has 1 aliphatic heterocycles. The van der Waals surface area contributed by atoms with Crippen LogP contribution in [0.1, 0.15) is 12.8 Å². The third-order valence-corrected chi connectivity index (χ3v) is 7.60. The summed E-state index contributed by atoms with van der Waals surface area (Å²) in [7, 11) is -2.17. The summed E-state index contributed by atoms with van der Waals surface area (Å²) in [6, 6.07) is 2.10. The van der Waals surface area contributed by atoms with Crippen molar-refractivity contribution in [3.63, 3.8) is 0 Å². The highest BCUT2D eigenvalue weighted by molar-refractivity contribution is 7.92. The molecule has 1 saturated heterocycles. The van der Waals surface area contributed by atoms with E-state index in [0.717, 1.165) is 38.3 Å². The average molecular weight is 502 g/mol. The second kappa shape index (κ2) is 9.34. The zero-order valence-electron chi connectivity index (χ0n) is 17.2. The fraction of sp³-hybridized carbons (Fsp3) is 0.350. The molecule has 2 aromatic rings. The first-order valence-corrected chi connectivity index (χ1v) is 12.7. The Bertz CT molecular complexity index is 1160. The summed E-state index contributed by atoms with van der Waals surface area (Å²) >= 11 is 7.53. The summed E-state index contributed by atoms with van der Waals surface area (Å²) in [6.45, 7) is 3.17. The first-order valence-electron chi connectivity index (χ1n) is 9.93. The van der Waals surface area contributed by atoms with Crippen LogP contribution in [0.25, 0.3) is 0 Å². The van der Waals surface area contributed by atoms with Gasteiger partial charge in [0.25, 0.3) is 10.0 Å². The van der Waals surface area contributed by atoms with Crippen molar-refractivity contribution in [3.8, 4) is 0 Å². The third kappa shape index (κ3) is 5.06. The molecule has 1 aliphatic carbocycles. The highest BCUT2D eigenvalue weighted by Crippen LogP contribution is 2.34. The van der Waals surface area contributed by atoms with Crippen LogP contribution in [-0.2, 0) is 10.0 Å². The van der Waals surface area contributed by atoms with Crippen LogP contribution in [0.5, 0.6) is 0 Å². The monoisotopic (exact) mass is 501 g/mol. The SMILES string of the molecule is CN1CCN(C2=C(Nc3cc(F)c(S(=O)(=O)Nc4cscn4)cc3Cl)CCC(F)=C2)CC1. The molecule has 0 unspecified atom stereocenters. The minimum atomic E-state index is -4.20. The molecule has 1 fully saturated rings. The van der Waals surface area contributed by atoms with E-state index in [1.54, 1.807) is 0 Å². The number of benzene rings is 1. The molecular weight excluding hydrogens is 480 g/mol. The number of likely N-dealkylation sites (N-methyl/N-ethyl adjacent to an activating group) is 1. The zero-order valence-corrected chi connectivity index (χ0v) is 19.6. The Balaban J connectivity index is 1.62. The Morgan fingerprint density at radius 1 is 1.16 bits per heavy atom. The standard InChI is InChI=1S/C20H22ClF2N5O2S2/c1-27-4-6-28(7-5-27)18-8-13(22)2-3-16(18)25-17-10-15(23)19(9-14(17)21)32(29,30)26-20-11-31-12-24-20/h8-12,25-26H,2-7H2,1H3. The van der Waals surface area contributed by atoms with Crippen molar-refractivity contribution in [1.82, 2.24) is 14.8 Å². The van der Waals surface area contributed by atoms with Crippen LogP contribution in [0.2, 0.25) is 5.02 Å². The molecule has 1 aromatic heterocycles. The quantitative estimate of drug-likeness (QED) is 0.616. The van der Waals surface area contributed by atoms with Gasteiger partial charge >= 0.3 is 0 Å². The number of aromatic nitrogens is 1. The molecule has 0 bridgehead atoms. The van der Waals surface area contributed by atoms with Gasteiger partial charge in [-0.3, -0.25) is 4.72 Å². The molecule has 2 heterocycles. The van der Waals surface area contributed by atoms with Crippen molar-refractivity contribution in [2.45, 2.75) is 17.7 Å². The van der Waals surface area contributed by atoms with Gasteiger partial charge in [0.05, 0.1) is 21.9 Å². The number of nitrogens with zero attached hydrogens (tertiary/aromatic N) is 3. The largest absolute Gasteiger partial charge is 0.367 e. The van der Waals surface area contributed by atoms with E-state index in [-0.39, 0.29) is 28.8 Å². The zero-order chi connectivity index (χ0) is 22.9. The van der Waals surface area contributed by atoms with Crippen LogP contribution >= 0.6 is 22.9 Å². The maximum Gasteiger partial charge on any atom is 0.266 e. The van der Waals surface area contributed by atoms with E-state index in [2.05, 4.69) is 24.8 Å². The highest BCUT2D eigenvalue weighted by Gasteiger charge is 2.25. The van der Waals surface area contributed by atoms with Crippen LogP contribution in [-0.4, -0.2) is 56.4 Å². The molecule has 0 amide bonds. The van der Waals surface area contributed by atoms with Crippen LogP contribution in [0.3, 0.4) is 0 Å². The number of halogens is 3. The third-order valence-electron chi connectivity index (χ3n) is 5.33. The maximum absolute atomic E-state index is 14.8. The Labute approximate surface area is 194 Å². The molecule has 12 heteroatoms. The van der Waals surface area contributed by atoms with Gasteiger partial charge in [0.1, 0.15) is 16.5 Å². The van der Waals surface area contributed by atoms with Crippen molar-refractivity contribution in [3.05, 3.63) is 57.2 Å². The Hall–Kier alpha value is -2.21. The number of nitrogens with one attached hydrogen (secondary N) is 2. The molecule has 32 heavy (non-hydrogen) atoms. The van der Waals surface area contributed by atoms with Crippen LogP contribution in [0.4, 0.5) is 20.3 Å².